The summed E-state index contributed by atoms with van der Waals surface area (Å²) in [4.78, 5) is 41.1. The van der Waals surface area contributed by atoms with Crippen LogP contribution in [0.5, 0.6) is 0 Å². The molecule has 2 aromatic carbocycles. The average molecular weight is 464 g/mol. The summed E-state index contributed by atoms with van der Waals surface area (Å²) >= 11 is 16.7. The van der Waals surface area contributed by atoms with E-state index in [1.807, 2.05) is 25.1 Å². The van der Waals surface area contributed by atoms with Gasteiger partial charge in [0.15, 0.2) is 5.43 Å². The van der Waals surface area contributed by atoms with E-state index in [-0.39, 0.29) is 17.8 Å². The highest BCUT2D eigenvalue weighted by Crippen LogP contribution is 2.28. The van der Waals surface area contributed by atoms with Crippen LogP contribution in [-0.2, 0) is 24.2 Å². The maximum absolute atomic E-state index is 13.2. The molecule has 8 heteroatoms. The summed E-state index contributed by atoms with van der Waals surface area (Å²) in [7, 11) is 0. The minimum atomic E-state index is -2.05. The lowest BCUT2D eigenvalue weighted by Gasteiger charge is -2.20. The zero-order valence-corrected chi connectivity index (χ0v) is 18.2. The number of H-pyrrole nitrogens is 1. The van der Waals surface area contributed by atoms with Crippen LogP contribution in [-0.4, -0.2) is 20.5 Å². The van der Waals surface area contributed by atoms with Gasteiger partial charge in [0.05, 0.1) is 5.69 Å². The monoisotopic (exact) mass is 462 g/mol. The molecule has 0 saturated heterocycles. The molecule has 1 aliphatic rings. The van der Waals surface area contributed by atoms with Gasteiger partial charge in [-0.15, -0.1) is 0 Å². The van der Waals surface area contributed by atoms with Crippen molar-refractivity contribution in [1.29, 1.82) is 0 Å². The molecule has 1 aromatic heterocycles. The molecule has 0 radical (unpaired) electrons. The number of halogens is 3. The number of nitrogens with one attached hydrogen (secondary N) is 2. The predicted molar refractivity (Wildman–Crippen MR) is 119 cm³/mol. The fraction of sp³-hybridized carbons (Fsp3) is 0.227. The number of hydrogen-bond donors (Lipinski definition) is 2. The highest BCUT2D eigenvalue weighted by Gasteiger charge is 2.31. The van der Waals surface area contributed by atoms with Gasteiger partial charge in [0, 0.05) is 35.0 Å². The third-order valence-electron chi connectivity index (χ3n) is 5.30. The van der Waals surface area contributed by atoms with Crippen LogP contribution in [0.15, 0.2) is 41.2 Å². The van der Waals surface area contributed by atoms with Gasteiger partial charge >= 0.3 is 0 Å². The Bertz CT molecular complexity index is 1260. The first-order valence-electron chi connectivity index (χ1n) is 9.38. The van der Waals surface area contributed by atoms with Crippen LogP contribution in [0.2, 0.25) is 0 Å². The van der Waals surface area contributed by atoms with Gasteiger partial charge in [0.1, 0.15) is 0 Å². The van der Waals surface area contributed by atoms with Crippen molar-refractivity contribution in [2.45, 2.75) is 30.1 Å². The average Bonchev–Trinajstić information content (AvgIpc) is 2.72. The Hall–Kier alpha value is -2.34. The van der Waals surface area contributed by atoms with E-state index in [1.165, 1.54) is 0 Å². The molecule has 30 heavy (non-hydrogen) atoms. The lowest BCUT2D eigenvalue weighted by molar-refractivity contribution is -0.120. The zero-order chi connectivity index (χ0) is 21.6. The van der Waals surface area contributed by atoms with Gasteiger partial charge in [0.2, 0.25) is 5.78 Å². The number of fused-ring (bicyclic) bond motifs is 3. The standard InChI is InChI=1S/C22H17Cl3N2O3/c1-2-11-4-6-17-15(7-11)19(28)16-9-13-5-3-12(10-26-21(30)22(23,24)25)8-14(13)20(29)18(16)27-17/h3-8H,2,9-10H2,1H3,(H,26,30)(H,27,28). The van der Waals surface area contributed by atoms with Gasteiger partial charge in [-0.1, -0.05) is 59.9 Å². The van der Waals surface area contributed by atoms with E-state index < -0.39 is 9.70 Å². The summed E-state index contributed by atoms with van der Waals surface area (Å²) in [5, 5.41) is 3.11. The van der Waals surface area contributed by atoms with Gasteiger partial charge in [-0.05, 0) is 41.3 Å². The molecule has 0 spiro atoms. The minimum absolute atomic E-state index is 0.105. The molecule has 0 bridgehead atoms. The number of ketones is 1. The Morgan fingerprint density at radius 1 is 1.10 bits per heavy atom. The van der Waals surface area contributed by atoms with Crippen LogP contribution < -0.4 is 10.7 Å². The summed E-state index contributed by atoms with van der Waals surface area (Å²) in [6, 6.07) is 10.9. The van der Waals surface area contributed by atoms with Crippen molar-refractivity contribution in [1.82, 2.24) is 10.3 Å². The largest absolute Gasteiger partial charge is 0.351 e. The summed E-state index contributed by atoms with van der Waals surface area (Å²) in [5.74, 6) is -0.997. The van der Waals surface area contributed by atoms with E-state index in [0.717, 1.165) is 17.5 Å². The van der Waals surface area contributed by atoms with Crippen molar-refractivity contribution in [3.8, 4) is 0 Å². The molecule has 1 heterocycles. The van der Waals surface area contributed by atoms with Crippen LogP contribution in [0, 0.1) is 0 Å². The number of carbonyl (C=O) groups is 2. The number of aromatic amines is 1. The van der Waals surface area contributed by atoms with E-state index in [0.29, 0.717) is 39.7 Å². The second-order valence-electron chi connectivity index (χ2n) is 7.22. The van der Waals surface area contributed by atoms with Crippen molar-refractivity contribution in [2.75, 3.05) is 0 Å². The summed E-state index contributed by atoms with van der Waals surface area (Å²) < 4.78 is -2.05. The second kappa shape index (κ2) is 7.73. The lowest BCUT2D eigenvalue weighted by atomic mass is 9.86. The number of amides is 1. The fourth-order valence-electron chi connectivity index (χ4n) is 3.66. The first-order valence-corrected chi connectivity index (χ1v) is 10.5. The number of carbonyl (C=O) groups excluding carboxylic acids is 2. The molecule has 5 nitrogen and oxygen atoms in total. The lowest BCUT2D eigenvalue weighted by Crippen LogP contribution is -2.34. The topological polar surface area (TPSA) is 79.0 Å². The van der Waals surface area contributed by atoms with Crippen LogP contribution in [0.4, 0.5) is 0 Å². The molecule has 1 amide bonds. The molecule has 0 saturated carbocycles. The Labute approximate surface area is 187 Å². The number of alkyl halides is 3. The summed E-state index contributed by atoms with van der Waals surface area (Å²) in [6.45, 7) is 2.13. The maximum atomic E-state index is 13.2. The van der Waals surface area contributed by atoms with E-state index >= 15 is 0 Å². The number of pyridine rings is 1. The quantitative estimate of drug-likeness (QED) is 0.447. The molecule has 154 valence electrons. The normalized spacial score (nSPS) is 13.1. The van der Waals surface area contributed by atoms with Crippen LogP contribution in [0.25, 0.3) is 10.9 Å². The highest BCUT2D eigenvalue weighted by molar-refractivity contribution is 6.76. The van der Waals surface area contributed by atoms with Gasteiger partial charge in [-0.2, -0.15) is 0 Å². The van der Waals surface area contributed by atoms with Gasteiger partial charge < -0.3 is 10.3 Å². The van der Waals surface area contributed by atoms with E-state index in [1.54, 1.807) is 18.2 Å². The Kier molecular flexibility index (Phi) is 5.39. The number of benzene rings is 2. The third-order valence-corrected chi connectivity index (χ3v) is 5.81. The first kappa shape index (κ1) is 20.9. The highest BCUT2D eigenvalue weighted by atomic mass is 35.6. The minimum Gasteiger partial charge on any atom is -0.351 e. The van der Waals surface area contributed by atoms with Gasteiger partial charge in [-0.3, -0.25) is 14.4 Å². The van der Waals surface area contributed by atoms with E-state index in [4.69, 9.17) is 34.8 Å². The van der Waals surface area contributed by atoms with Crippen LogP contribution in [0.3, 0.4) is 0 Å². The Balaban J connectivity index is 1.70. The van der Waals surface area contributed by atoms with Crippen LogP contribution in [0.1, 0.15) is 45.2 Å². The van der Waals surface area contributed by atoms with Crippen LogP contribution >= 0.6 is 34.8 Å². The number of hydrogen-bond acceptors (Lipinski definition) is 3. The first-order chi connectivity index (χ1) is 14.2. The molecule has 0 fully saturated rings. The molecule has 3 aromatic rings. The van der Waals surface area contributed by atoms with Crippen molar-refractivity contribution in [3.05, 3.63) is 80.1 Å². The fourth-order valence-corrected chi connectivity index (χ4v) is 3.86. The molecular weight excluding hydrogens is 447 g/mol. The number of rotatable bonds is 3. The third kappa shape index (κ3) is 3.73. The van der Waals surface area contributed by atoms with E-state index in [2.05, 4.69) is 10.3 Å². The van der Waals surface area contributed by atoms with Crippen molar-refractivity contribution in [3.63, 3.8) is 0 Å². The maximum Gasteiger partial charge on any atom is 0.272 e. The molecular formula is C22H17Cl3N2O3. The zero-order valence-electron chi connectivity index (χ0n) is 15.9. The van der Waals surface area contributed by atoms with Crippen molar-refractivity contribution < 1.29 is 9.59 Å². The second-order valence-corrected chi connectivity index (χ2v) is 9.50. The molecule has 2 N–H and O–H groups in total. The van der Waals surface area contributed by atoms with Gasteiger partial charge in [0.25, 0.3) is 9.70 Å². The number of aryl methyl sites for hydroxylation is 1. The Morgan fingerprint density at radius 2 is 1.83 bits per heavy atom. The predicted octanol–water partition coefficient (Wildman–Crippen LogP) is 4.21. The molecule has 0 atom stereocenters. The molecule has 0 unspecified atom stereocenters. The van der Waals surface area contributed by atoms with Crippen molar-refractivity contribution >= 4 is 57.4 Å². The smallest absolute Gasteiger partial charge is 0.272 e. The SMILES string of the molecule is CCc1ccc2[nH]c3c(c(=O)c2c1)Cc1ccc(CNC(=O)C(Cl)(Cl)Cl)cc1C3=O. The van der Waals surface area contributed by atoms with Crippen molar-refractivity contribution in [2.24, 2.45) is 0 Å². The summed E-state index contributed by atoms with van der Waals surface area (Å²) in [6.07, 6.45) is 1.19. The molecule has 4 rings (SSSR count). The van der Waals surface area contributed by atoms with Gasteiger partial charge in [-0.25, -0.2) is 0 Å². The molecule has 0 aliphatic heterocycles. The number of aromatic nitrogens is 1. The van der Waals surface area contributed by atoms with E-state index in [9.17, 15) is 14.4 Å². The Morgan fingerprint density at radius 3 is 2.53 bits per heavy atom. The summed E-state index contributed by atoms with van der Waals surface area (Å²) in [5.41, 5.74) is 4.31. The molecule has 1 aliphatic carbocycles.